The lowest BCUT2D eigenvalue weighted by molar-refractivity contribution is -0.137. The molecule has 0 aliphatic heterocycles. The van der Waals surface area contributed by atoms with E-state index in [4.69, 9.17) is 18.2 Å². The number of nitriles is 1. The van der Waals surface area contributed by atoms with E-state index in [1.807, 2.05) is 11.8 Å². The Morgan fingerprint density at radius 3 is 2.20 bits per heavy atom. The third kappa shape index (κ3) is 6.88. The minimum atomic E-state index is -5.84. The van der Waals surface area contributed by atoms with Gasteiger partial charge in [0, 0.05) is 31.1 Å². The number of benzene rings is 1. The van der Waals surface area contributed by atoms with Gasteiger partial charge in [-0.25, -0.2) is 0 Å². The highest BCUT2D eigenvalue weighted by Crippen LogP contribution is 2.35. The van der Waals surface area contributed by atoms with Gasteiger partial charge in [0.2, 0.25) is 0 Å². The van der Waals surface area contributed by atoms with Crippen LogP contribution in [0.1, 0.15) is 43.7 Å². The van der Waals surface area contributed by atoms with Crippen LogP contribution in [-0.2, 0) is 21.1 Å². The van der Waals surface area contributed by atoms with E-state index in [1.54, 1.807) is 6.07 Å². The van der Waals surface area contributed by atoms with Gasteiger partial charge in [-0.3, -0.25) is 9.35 Å². The molecular formula is C17H18F6N2O4S. The number of rotatable bonds is 3. The fourth-order valence-electron chi connectivity index (χ4n) is 2.96. The molecule has 168 valence electrons. The molecule has 0 bridgehead atoms. The third-order valence-electron chi connectivity index (χ3n) is 4.29. The van der Waals surface area contributed by atoms with E-state index in [2.05, 4.69) is 0 Å². The van der Waals surface area contributed by atoms with Crippen LogP contribution in [0.2, 0.25) is 0 Å². The molecule has 0 aromatic heterocycles. The molecule has 30 heavy (non-hydrogen) atoms. The van der Waals surface area contributed by atoms with Crippen LogP contribution >= 0.6 is 0 Å². The predicted molar refractivity (Wildman–Crippen MR) is 94.0 cm³/mol. The van der Waals surface area contributed by atoms with Gasteiger partial charge < -0.3 is 4.90 Å². The highest BCUT2D eigenvalue weighted by Gasteiger charge is 2.44. The van der Waals surface area contributed by atoms with Crippen molar-refractivity contribution in [3.05, 3.63) is 29.3 Å². The molecule has 13 heteroatoms. The van der Waals surface area contributed by atoms with Crippen molar-refractivity contribution in [2.24, 2.45) is 0 Å². The van der Waals surface area contributed by atoms with E-state index < -0.39 is 27.4 Å². The Hall–Kier alpha value is -2.33. The summed E-state index contributed by atoms with van der Waals surface area (Å²) in [4.78, 5) is 13.4. The standard InChI is InChI=1S/C16H17F3N2O.CHF3O3S/c1-2-21(12-4-3-5-14(22)8-12)13-7-6-11(10-20)15(9-13)16(17,18)19;2-1(3,4)8(5,6)7/h6-7,9,12H,2-5,8H2,1H3;(H,5,6,7). The van der Waals surface area contributed by atoms with Gasteiger partial charge in [-0.1, -0.05) is 0 Å². The first-order chi connectivity index (χ1) is 13.6. The summed E-state index contributed by atoms with van der Waals surface area (Å²) in [5, 5.41) is 8.84. The maximum absolute atomic E-state index is 13.1. The number of hydrogen-bond donors (Lipinski definition) is 1. The zero-order chi connectivity index (χ0) is 23.3. The number of carbonyl (C=O) groups is 1. The van der Waals surface area contributed by atoms with Crippen LogP contribution in [0, 0.1) is 11.3 Å². The predicted octanol–water partition coefficient (Wildman–Crippen LogP) is 4.31. The van der Waals surface area contributed by atoms with Gasteiger partial charge >= 0.3 is 21.8 Å². The lowest BCUT2D eigenvalue weighted by Crippen LogP contribution is -2.39. The van der Waals surface area contributed by atoms with Crippen molar-refractivity contribution in [2.75, 3.05) is 11.4 Å². The van der Waals surface area contributed by atoms with Crippen LogP contribution in [-0.4, -0.2) is 36.8 Å². The Morgan fingerprint density at radius 1 is 1.23 bits per heavy atom. The summed E-state index contributed by atoms with van der Waals surface area (Å²) in [6.45, 7) is 2.37. The Morgan fingerprint density at radius 2 is 1.80 bits per heavy atom. The summed E-state index contributed by atoms with van der Waals surface area (Å²) in [6.07, 6.45) is -2.09. The van der Waals surface area contributed by atoms with Crippen LogP contribution < -0.4 is 4.90 Å². The SMILES string of the molecule is CCN(c1ccc(C#N)c(C(F)(F)F)c1)C1CCCC(=O)C1.O=S(=O)(O)C(F)(F)F. The molecule has 0 saturated heterocycles. The maximum Gasteiger partial charge on any atom is 0.522 e. The summed E-state index contributed by atoms with van der Waals surface area (Å²) < 4.78 is 96.7. The normalized spacial score (nSPS) is 17.6. The molecule has 0 radical (unpaired) electrons. The number of nitrogens with zero attached hydrogens (tertiary/aromatic N) is 2. The second-order valence-corrected chi connectivity index (χ2v) is 7.75. The lowest BCUT2D eigenvalue weighted by Gasteiger charge is -2.35. The highest BCUT2D eigenvalue weighted by molar-refractivity contribution is 7.86. The number of alkyl halides is 6. The van der Waals surface area contributed by atoms with Crippen molar-refractivity contribution in [3.8, 4) is 6.07 Å². The van der Waals surface area contributed by atoms with Gasteiger partial charge in [0.25, 0.3) is 0 Å². The highest BCUT2D eigenvalue weighted by atomic mass is 32.2. The molecule has 1 aromatic carbocycles. The number of halogens is 6. The summed E-state index contributed by atoms with van der Waals surface area (Å²) in [5.74, 6) is 0.152. The van der Waals surface area contributed by atoms with E-state index in [1.165, 1.54) is 12.1 Å². The van der Waals surface area contributed by atoms with Gasteiger partial charge in [0.05, 0.1) is 17.2 Å². The Balaban J connectivity index is 0.000000479. The Bertz CT molecular complexity index is 906. The van der Waals surface area contributed by atoms with E-state index in [0.29, 0.717) is 25.1 Å². The van der Waals surface area contributed by atoms with Gasteiger partial charge in [-0.15, -0.1) is 0 Å². The molecule has 2 rings (SSSR count). The molecule has 1 atom stereocenters. The Kier molecular flexibility index (Phi) is 8.27. The number of carbonyl (C=O) groups excluding carboxylic acids is 1. The monoisotopic (exact) mass is 460 g/mol. The van der Waals surface area contributed by atoms with Crippen molar-refractivity contribution in [3.63, 3.8) is 0 Å². The first-order valence-electron chi connectivity index (χ1n) is 8.55. The molecular weight excluding hydrogens is 442 g/mol. The number of Topliss-reactive ketones (excluding diaryl/α,β-unsaturated/α-hetero) is 1. The van der Waals surface area contributed by atoms with Crippen LogP contribution in [0.25, 0.3) is 0 Å². The van der Waals surface area contributed by atoms with Gasteiger partial charge in [0.1, 0.15) is 5.78 Å². The van der Waals surface area contributed by atoms with Crippen LogP contribution in [0.3, 0.4) is 0 Å². The number of hydrogen-bond acceptors (Lipinski definition) is 5. The Labute approximate surface area is 168 Å². The van der Waals surface area contributed by atoms with Gasteiger partial charge in [-0.2, -0.15) is 40.0 Å². The molecule has 1 aliphatic carbocycles. The van der Waals surface area contributed by atoms with Crippen molar-refractivity contribution in [1.82, 2.24) is 0 Å². The summed E-state index contributed by atoms with van der Waals surface area (Å²) >= 11 is 0. The summed E-state index contributed by atoms with van der Waals surface area (Å²) in [6, 6.07) is 5.25. The molecule has 1 aromatic rings. The first kappa shape index (κ1) is 25.7. The second kappa shape index (κ2) is 9.65. The van der Waals surface area contributed by atoms with Gasteiger partial charge in [-0.05, 0) is 38.0 Å². The molecule has 1 aliphatic rings. The molecule has 0 heterocycles. The largest absolute Gasteiger partial charge is 0.522 e. The number of anilines is 1. The second-order valence-electron chi connectivity index (χ2n) is 6.34. The molecule has 0 amide bonds. The van der Waals surface area contributed by atoms with E-state index in [9.17, 15) is 31.1 Å². The zero-order valence-corrected chi connectivity index (χ0v) is 16.4. The smallest absolute Gasteiger partial charge is 0.368 e. The fourth-order valence-corrected chi connectivity index (χ4v) is 2.96. The average molecular weight is 460 g/mol. The molecule has 1 saturated carbocycles. The van der Waals surface area contributed by atoms with Gasteiger partial charge in [0.15, 0.2) is 0 Å². The maximum atomic E-state index is 13.1. The van der Waals surface area contributed by atoms with Crippen molar-refractivity contribution >= 4 is 21.6 Å². The molecule has 1 N–H and O–H groups in total. The fraction of sp³-hybridized carbons (Fsp3) is 0.529. The van der Waals surface area contributed by atoms with E-state index >= 15 is 0 Å². The summed E-state index contributed by atoms with van der Waals surface area (Å²) in [7, 11) is -5.84. The van der Waals surface area contributed by atoms with Crippen LogP contribution in [0.5, 0.6) is 0 Å². The molecule has 0 spiro atoms. The minimum absolute atomic E-state index is 0.0692. The minimum Gasteiger partial charge on any atom is -0.368 e. The molecule has 6 nitrogen and oxygen atoms in total. The van der Waals surface area contributed by atoms with Crippen LogP contribution in [0.4, 0.5) is 32.0 Å². The average Bonchev–Trinajstić information content (AvgIpc) is 2.60. The van der Waals surface area contributed by atoms with Crippen molar-refractivity contribution in [1.29, 1.82) is 5.26 Å². The molecule has 1 fully saturated rings. The van der Waals surface area contributed by atoms with Crippen molar-refractivity contribution < 1.29 is 44.1 Å². The third-order valence-corrected chi connectivity index (χ3v) is 4.88. The summed E-state index contributed by atoms with van der Waals surface area (Å²) in [5.41, 5.74) is -6.43. The quantitative estimate of drug-likeness (QED) is 0.410. The first-order valence-corrected chi connectivity index (χ1v) is 9.99. The van der Waals surface area contributed by atoms with Crippen molar-refractivity contribution in [2.45, 2.75) is 50.3 Å². The molecule has 1 unspecified atom stereocenters. The zero-order valence-electron chi connectivity index (χ0n) is 15.6. The van der Waals surface area contributed by atoms with E-state index in [0.717, 1.165) is 18.9 Å². The van der Waals surface area contributed by atoms with E-state index in [-0.39, 0.29) is 17.4 Å². The lowest BCUT2D eigenvalue weighted by atomic mass is 9.92. The topological polar surface area (TPSA) is 98.5 Å². The number of ketones is 1. The van der Waals surface area contributed by atoms with Crippen LogP contribution in [0.15, 0.2) is 18.2 Å².